The van der Waals surface area contributed by atoms with Gasteiger partial charge in [0.15, 0.2) is 11.6 Å². The largest absolute Gasteiger partial charge is 0.206 e. The van der Waals surface area contributed by atoms with E-state index in [2.05, 4.69) is 0 Å². The Labute approximate surface area is 171 Å². The average Bonchev–Trinajstić information content (AvgIpc) is 2.69. The summed E-state index contributed by atoms with van der Waals surface area (Å²) < 4.78 is 70.7. The van der Waals surface area contributed by atoms with Crippen LogP contribution in [-0.4, -0.2) is 0 Å². The van der Waals surface area contributed by atoms with Crippen LogP contribution in [0.25, 0.3) is 16.7 Å². The predicted octanol–water partition coefficient (Wildman–Crippen LogP) is 7.18. The molecule has 0 radical (unpaired) electrons. The van der Waals surface area contributed by atoms with Crippen LogP contribution in [-0.2, 0) is 19.3 Å². The van der Waals surface area contributed by atoms with Gasteiger partial charge in [-0.15, -0.1) is 0 Å². The van der Waals surface area contributed by atoms with Crippen LogP contribution >= 0.6 is 0 Å². The smallest absolute Gasteiger partial charge is 0.159 e. The zero-order chi connectivity index (χ0) is 21.4. The zero-order valence-corrected chi connectivity index (χ0v) is 16.3. The number of halogens is 5. The van der Waals surface area contributed by atoms with Crippen LogP contribution in [0.1, 0.15) is 35.6 Å². The average molecular weight is 414 g/mol. The summed E-state index contributed by atoms with van der Waals surface area (Å²) in [6.45, 7) is 1.94. The van der Waals surface area contributed by atoms with Gasteiger partial charge >= 0.3 is 0 Å². The third-order valence-corrected chi connectivity index (χ3v) is 5.43. The second-order valence-electron chi connectivity index (χ2n) is 7.52. The lowest BCUT2D eigenvalue weighted by Gasteiger charge is -2.20. The lowest BCUT2D eigenvalue weighted by Crippen LogP contribution is -2.08. The number of hydrogen-bond acceptors (Lipinski definition) is 0. The van der Waals surface area contributed by atoms with Gasteiger partial charge in [0.2, 0.25) is 0 Å². The Kier molecular flexibility index (Phi) is 5.46. The molecule has 4 rings (SSSR count). The van der Waals surface area contributed by atoms with Gasteiger partial charge in [0.1, 0.15) is 17.5 Å². The fourth-order valence-electron chi connectivity index (χ4n) is 3.97. The third-order valence-electron chi connectivity index (χ3n) is 5.43. The summed E-state index contributed by atoms with van der Waals surface area (Å²) in [6, 6.07) is 8.82. The van der Waals surface area contributed by atoms with E-state index in [-0.39, 0.29) is 23.1 Å². The lowest BCUT2D eigenvalue weighted by molar-refractivity contribution is 0.509. The molecule has 5 heteroatoms. The standard InChI is InChI=1S/C25H19F5/c1-2-3-14-8-23(29)25(24(30)9-14)17-5-4-15-11-19(21(27)13-18(15)10-17)16-6-7-20(26)22(28)12-16/h5-9,11-13H,2-4,10H2,1H3. The normalized spacial score (nSPS) is 13.2. The van der Waals surface area contributed by atoms with Crippen molar-refractivity contribution in [3.8, 4) is 11.1 Å². The highest BCUT2D eigenvalue weighted by Gasteiger charge is 2.21. The minimum atomic E-state index is -1.05. The summed E-state index contributed by atoms with van der Waals surface area (Å²) in [6.07, 6.45) is 3.65. The minimum absolute atomic E-state index is 0.0782. The van der Waals surface area contributed by atoms with Crippen molar-refractivity contribution >= 4 is 5.57 Å². The van der Waals surface area contributed by atoms with E-state index >= 15 is 0 Å². The maximum Gasteiger partial charge on any atom is 0.159 e. The maximum atomic E-state index is 14.7. The molecule has 30 heavy (non-hydrogen) atoms. The first-order valence-electron chi connectivity index (χ1n) is 9.81. The SMILES string of the molecule is CCCc1cc(F)c(C2=CCc3cc(-c4ccc(F)c(F)c4)c(F)cc3C2)c(F)c1. The molecule has 1 aliphatic rings. The van der Waals surface area contributed by atoms with Gasteiger partial charge in [0.05, 0.1) is 0 Å². The maximum absolute atomic E-state index is 14.7. The first-order chi connectivity index (χ1) is 14.4. The number of allylic oxidation sites excluding steroid dienone is 2. The molecule has 0 aliphatic heterocycles. The fraction of sp³-hybridized carbons (Fsp3) is 0.200. The van der Waals surface area contributed by atoms with E-state index in [1.165, 1.54) is 24.3 Å². The summed E-state index contributed by atoms with van der Waals surface area (Å²) in [4.78, 5) is 0. The van der Waals surface area contributed by atoms with Gasteiger partial charge in [-0.2, -0.15) is 0 Å². The predicted molar refractivity (Wildman–Crippen MR) is 107 cm³/mol. The van der Waals surface area contributed by atoms with Crippen molar-refractivity contribution in [1.82, 2.24) is 0 Å². The molecule has 0 aromatic heterocycles. The molecule has 0 heterocycles. The van der Waals surface area contributed by atoms with Crippen LogP contribution in [0, 0.1) is 29.1 Å². The van der Waals surface area contributed by atoms with Crippen LogP contribution in [0.3, 0.4) is 0 Å². The summed E-state index contributed by atoms with van der Waals surface area (Å²) in [5.41, 5.74) is 2.79. The van der Waals surface area contributed by atoms with Gasteiger partial charge in [-0.05, 0) is 83.5 Å². The Bertz CT molecular complexity index is 1140. The molecule has 0 bridgehead atoms. The van der Waals surface area contributed by atoms with Crippen molar-refractivity contribution in [2.45, 2.75) is 32.6 Å². The van der Waals surface area contributed by atoms with Gasteiger partial charge in [0.25, 0.3) is 0 Å². The monoisotopic (exact) mass is 414 g/mol. The minimum Gasteiger partial charge on any atom is -0.206 e. The van der Waals surface area contributed by atoms with E-state index < -0.39 is 29.1 Å². The van der Waals surface area contributed by atoms with Crippen molar-refractivity contribution in [2.24, 2.45) is 0 Å². The molecule has 154 valence electrons. The Morgan fingerprint density at radius 1 is 0.733 bits per heavy atom. The van der Waals surface area contributed by atoms with Crippen molar-refractivity contribution in [1.29, 1.82) is 0 Å². The summed E-state index contributed by atoms with van der Waals surface area (Å²) >= 11 is 0. The lowest BCUT2D eigenvalue weighted by atomic mass is 9.85. The van der Waals surface area contributed by atoms with E-state index in [0.717, 1.165) is 24.1 Å². The van der Waals surface area contributed by atoms with E-state index in [9.17, 15) is 22.0 Å². The van der Waals surface area contributed by atoms with E-state index in [4.69, 9.17) is 0 Å². The second-order valence-corrected chi connectivity index (χ2v) is 7.52. The van der Waals surface area contributed by atoms with Gasteiger partial charge < -0.3 is 0 Å². The van der Waals surface area contributed by atoms with Crippen molar-refractivity contribution in [3.05, 3.63) is 99.9 Å². The summed E-state index contributed by atoms with van der Waals surface area (Å²) in [5.74, 6) is -3.89. The molecule has 0 atom stereocenters. The Hall–Kier alpha value is -2.95. The molecular formula is C25H19F5. The third kappa shape index (κ3) is 3.76. The highest BCUT2D eigenvalue weighted by molar-refractivity contribution is 5.74. The van der Waals surface area contributed by atoms with Crippen molar-refractivity contribution < 1.29 is 22.0 Å². The topological polar surface area (TPSA) is 0 Å². The van der Waals surface area contributed by atoms with E-state index in [1.807, 2.05) is 6.92 Å². The van der Waals surface area contributed by atoms with Gasteiger partial charge in [0, 0.05) is 11.1 Å². The van der Waals surface area contributed by atoms with Gasteiger partial charge in [-0.1, -0.05) is 25.5 Å². The van der Waals surface area contributed by atoms with Crippen LogP contribution in [0.2, 0.25) is 0 Å². The van der Waals surface area contributed by atoms with Gasteiger partial charge in [-0.25, -0.2) is 22.0 Å². The molecular weight excluding hydrogens is 395 g/mol. The molecule has 3 aromatic carbocycles. The quantitative estimate of drug-likeness (QED) is 0.397. The van der Waals surface area contributed by atoms with Crippen LogP contribution in [0.4, 0.5) is 22.0 Å². The van der Waals surface area contributed by atoms with Crippen molar-refractivity contribution in [3.63, 3.8) is 0 Å². The number of rotatable bonds is 4. The van der Waals surface area contributed by atoms with Crippen molar-refractivity contribution in [2.75, 3.05) is 0 Å². The molecule has 0 unspecified atom stereocenters. The number of hydrogen-bond donors (Lipinski definition) is 0. The Morgan fingerprint density at radius 3 is 2.13 bits per heavy atom. The first-order valence-corrected chi connectivity index (χ1v) is 9.81. The summed E-state index contributed by atoms with van der Waals surface area (Å²) in [5, 5.41) is 0. The number of aryl methyl sites for hydroxylation is 1. The molecule has 1 aliphatic carbocycles. The summed E-state index contributed by atoms with van der Waals surface area (Å²) in [7, 11) is 0. The molecule has 0 spiro atoms. The highest BCUT2D eigenvalue weighted by atomic mass is 19.2. The number of benzene rings is 3. The van der Waals surface area contributed by atoms with E-state index in [0.29, 0.717) is 29.5 Å². The van der Waals surface area contributed by atoms with Crippen LogP contribution in [0.15, 0.2) is 48.5 Å². The molecule has 0 saturated carbocycles. The first kappa shape index (κ1) is 20.3. The van der Waals surface area contributed by atoms with Crippen LogP contribution < -0.4 is 0 Å². The Balaban J connectivity index is 1.68. The molecule has 3 aromatic rings. The fourth-order valence-corrected chi connectivity index (χ4v) is 3.97. The molecule has 0 N–H and O–H groups in total. The van der Waals surface area contributed by atoms with Gasteiger partial charge in [-0.3, -0.25) is 0 Å². The van der Waals surface area contributed by atoms with E-state index in [1.54, 1.807) is 12.1 Å². The second kappa shape index (κ2) is 8.05. The number of fused-ring (bicyclic) bond motifs is 1. The van der Waals surface area contributed by atoms with Crippen LogP contribution in [0.5, 0.6) is 0 Å². The molecule has 0 saturated heterocycles. The highest BCUT2D eigenvalue weighted by Crippen LogP contribution is 2.35. The molecule has 0 nitrogen and oxygen atoms in total. The molecule has 0 amide bonds. The molecule has 0 fully saturated rings. The zero-order valence-electron chi connectivity index (χ0n) is 16.3. The Morgan fingerprint density at radius 2 is 1.47 bits per heavy atom.